The number of Topliss-reactive ketones (excluding diaryl/α,β-unsaturated/α-hetero) is 1. The van der Waals surface area contributed by atoms with Gasteiger partial charge in [-0.3, -0.25) is 14.5 Å². The highest BCUT2D eigenvalue weighted by atomic mass is 31.2. The minimum absolute atomic E-state index is 0.0677. The number of hydrogen-bond acceptors (Lipinski definition) is 7. The van der Waals surface area contributed by atoms with Crippen LogP contribution in [0.4, 0.5) is 10.5 Å². The van der Waals surface area contributed by atoms with E-state index in [2.05, 4.69) is 26.2 Å². The molecular formula is C42H45N2O7PSi. The summed E-state index contributed by atoms with van der Waals surface area (Å²) in [5.41, 5.74) is 1.25. The Morgan fingerprint density at radius 2 is 1.40 bits per heavy atom. The first-order valence-electron chi connectivity index (χ1n) is 17.8. The molecule has 2 saturated heterocycles. The minimum atomic E-state index is -3.17. The van der Waals surface area contributed by atoms with Gasteiger partial charge in [0, 0.05) is 24.6 Å². The Balaban J connectivity index is 1.57. The number of ketones is 1. The van der Waals surface area contributed by atoms with Crippen molar-refractivity contribution in [3.63, 3.8) is 0 Å². The fraction of sp³-hybridized carbons (Fsp3) is 0.262. The zero-order chi connectivity index (χ0) is 37.8. The van der Waals surface area contributed by atoms with Gasteiger partial charge in [-0.05, 0) is 66.7 Å². The zero-order valence-corrected chi connectivity index (χ0v) is 32.4. The Labute approximate surface area is 312 Å². The van der Waals surface area contributed by atoms with E-state index >= 15 is 0 Å². The van der Waals surface area contributed by atoms with Gasteiger partial charge in [-0.15, -0.1) is 0 Å². The van der Waals surface area contributed by atoms with E-state index in [0.29, 0.717) is 24.4 Å². The van der Waals surface area contributed by atoms with Gasteiger partial charge in [0.25, 0.3) is 0 Å². The lowest BCUT2D eigenvalue weighted by molar-refractivity contribution is -0.156. The van der Waals surface area contributed by atoms with E-state index in [1.165, 1.54) is 11.0 Å². The second-order valence-electron chi connectivity index (χ2n) is 14.1. The quantitative estimate of drug-likeness (QED) is 0.0382. The summed E-state index contributed by atoms with van der Waals surface area (Å²) in [6, 6.07) is 35.4. The highest BCUT2D eigenvalue weighted by Gasteiger charge is 2.56. The molecule has 2 amide bonds. The summed E-state index contributed by atoms with van der Waals surface area (Å²) in [4.78, 5) is 59.2. The molecule has 0 spiro atoms. The van der Waals surface area contributed by atoms with Crippen molar-refractivity contribution in [2.24, 2.45) is 5.92 Å². The summed E-state index contributed by atoms with van der Waals surface area (Å²) in [6.07, 6.45) is 0.480. The lowest BCUT2D eigenvalue weighted by Gasteiger charge is -2.52. The number of ether oxygens (including phenoxy) is 2. The van der Waals surface area contributed by atoms with Crippen LogP contribution in [-0.4, -0.2) is 74.3 Å². The number of amides is 2. The van der Waals surface area contributed by atoms with Crippen molar-refractivity contribution < 1.29 is 33.1 Å². The van der Waals surface area contributed by atoms with Crippen LogP contribution in [-0.2, 0) is 23.5 Å². The maximum Gasteiger partial charge on any atom is 0.414 e. The summed E-state index contributed by atoms with van der Waals surface area (Å²) in [5, 5.41) is 2.56. The van der Waals surface area contributed by atoms with E-state index in [1.54, 1.807) is 29.2 Å². The van der Waals surface area contributed by atoms with Gasteiger partial charge in [0.2, 0.25) is 5.91 Å². The van der Waals surface area contributed by atoms with Crippen molar-refractivity contribution >= 4 is 66.0 Å². The van der Waals surface area contributed by atoms with Crippen LogP contribution in [0.1, 0.15) is 23.7 Å². The van der Waals surface area contributed by atoms with Crippen molar-refractivity contribution in [1.29, 1.82) is 0 Å². The largest absolute Gasteiger partial charge is 0.457 e. The molecule has 2 heterocycles. The highest BCUT2D eigenvalue weighted by Crippen LogP contribution is 2.50. The lowest BCUT2D eigenvalue weighted by Crippen LogP contribution is -2.69. The SMILES string of the molecule is C=CCOC(=O)C(N1C(=O)[C@H]([C@@H](C)O[Si](C)(C)C)[C@H]1CC(=O)c1ccc(N2CCOC2=O)cc1)=P(c1ccccc1)(c1ccccc1)c1ccccc1. The smallest absolute Gasteiger partial charge is 0.414 e. The first-order chi connectivity index (χ1) is 25.5. The van der Waals surface area contributed by atoms with Gasteiger partial charge in [-0.1, -0.05) is 104 Å². The number of hydrogen-bond donors (Lipinski definition) is 0. The molecule has 11 heteroatoms. The van der Waals surface area contributed by atoms with Gasteiger partial charge in [-0.2, -0.15) is 0 Å². The normalized spacial score (nSPS) is 17.8. The van der Waals surface area contributed by atoms with Crippen LogP contribution in [0.5, 0.6) is 0 Å². The van der Waals surface area contributed by atoms with Crippen LogP contribution in [0.15, 0.2) is 128 Å². The predicted octanol–water partition coefficient (Wildman–Crippen LogP) is 6.14. The Hall–Kier alpha value is -5.02. The molecule has 0 bridgehead atoms. The molecule has 4 aromatic carbocycles. The van der Waals surface area contributed by atoms with E-state index < -0.39 is 45.3 Å². The second-order valence-corrected chi connectivity index (χ2v) is 21.8. The fourth-order valence-corrected chi connectivity index (χ4v) is 13.0. The molecule has 53 heavy (non-hydrogen) atoms. The summed E-state index contributed by atoms with van der Waals surface area (Å²) in [6.45, 7) is 9.32. The minimum Gasteiger partial charge on any atom is -0.457 e. The molecule has 9 nitrogen and oxygen atoms in total. The van der Waals surface area contributed by atoms with Crippen LogP contribution in [0.2, 0.25) is 19.6 Å². The number of rotatable bonds is 14. The summed E-state index contributed by atoms with van der Waals surface area (Å²) < 4.78 is 17.5. The molecule has 2 aliphatic heterocycles. The van der Waals surface area contributed by atoms with Crippen molar-refractivity contribution in [3.8, 4) is 0 Å². The Kier molecular flexibility index (Phi) is 11.3. The van der Waals surface area contributed by atoms with Gasteiger partial charge in [0.05, 0.1) is 24.6 Å². The molecular weight excluding hydrogens is 704 g/mol. The molecule has 4 aromatic rings. The van der Waals surface area contributed by atoms with E-state index in [1.807, 2.05) is 97.9 Å². The van der Waals surface area contributed by atoms with Crippen LogP contribution >= 0.6 is 6.89 Å². The van der Waals surface area contributed by atoms with Gasteiger partial charge in [0.1, 0.15) is 18.6 Å². The summed E-state index contributed by atoms with van der Waals surface area (Å²) >= 11 is 0. The third kappa shape index (κ3) is 7.58. The third-order valence-electron chi connectivity index (χ3n) is 9.46. The lowest BCUT2D eigenvalue weighted by atomic mass is 9.79. The summed E-state index contributed by atoms with van der Waals surface area (Å²) in [7, 11) is -2.14. The molecule has 3 atom stereocenters. The molecule has 6 rings (SSSR count). The van der Waals surface area contributed by atoms with Crippen molar-refractivity contribution in [1.82, 2.24) is 4.90 Å². The molecule has 0 saturated carbocycles. The second kappa shape index (κ2) is 15.9. The highest BCUT2D eigenvalue weighted by molar-refractivity contribution is 7.96. The number of benzene rings is 4. The summed E-state index contributed by atoms with van der Waals surface area (Å²) in [5.74, 6) is -1.86. The zero-order valence-electron chi connectivity index (χ0n) is 30.5. The van der Waals surface area contributed by atoms with E-state index in [9.17, 15) is 19.2 Å². The van der Waals surface area contributed by atoms with Crippen LogP contribution in [0.25, 0.3) is 0 Å². The maximum atomic E-state index is 14.9. The van der Waals surface area contributed by atoms with Crippen molar-refractivity contribution in [2.75, 3.05) is 24.7 Å². The topological polar surface area (TPSA) is 102 Å². The molecule has 0 unspecified atom stereocenters. The van der Waals surface area contributed by atoms with Crippen LogP contribution in [0.3, 0.4) is 0 Å². The van der Waals surface area contributed by atoms with Crippen molar-refractivity contribution in [3.05, 3.63) is 133 Å². The molecule has 0 aliphatic carbocycles. The molecule has 0 N–H and O–H groups in total. The fourth-order valence-electron chi connectivity index (χ4n) is 7.32. The maximum absolute atomic E-state index is 14.9. The number of esters is 1. The first kappa shape index (κ1) is 37.7. The monoisotopic (exact) mass is 748 g/mol. The molecule has 274 valence electrons. The third-order valence-corrected chi connectivity index (χ3v) is 14.8. The number of nitrogens with zero attached hydrogens (tertiary/aromatic N) is 2. The molecule has 0 aromatic heterocycles. The van der Waals surface area contributed by atoms with E-state index in [0.717, 1.165) is 15.9 Å². The van der Waals surface area contributed by atoms with Gasteiger partial charge < -0.3 is 18.8 Å². The molecule has 0 radical (unpaired) electrons. The number of β-lactam (4-membered cyclic amide) rings is 1. The average Bonchev–Trinajstić information content (AvgIpc) is 3.59. The Morgan fingerprint density at radius 3 is 1.85 bits per heavy atom. The standard InChI is InChI=1S/C42H45N2O7PSi/c1-6-27-49-41(47)40(52(33-16-10-7-11-17-33,34-18-12-8-13-19-34)35-20-14-9-15-21-35)44-36(38(39(44)46)30(2)51-53(3,4)5)29-37(45)31-22-24-32(25-23-31)43-26-28-50-42(43)48/h6-25,30,36,38H,1,26-29H2,2-5H3/t30-,36-,38-/m1/s1. The number of cyclic esters (lactones) is 1. The number of likely N-dealkylation sites (tertiary alicyclic amines) is 1. The average molecular weight is 749 g/mol. The van der Waals surface area contributed by atoms with Gasteiger partial charge in [-0.25, -0.2) is 9.59 Å². The molecule has 2 aliphatic rings. The van der Waals surface area contributed by atoms with Crippen LogP contribution in [0, 0.1) is 5.92 Å². The number of carbonyl (C=O) groups excluding carboxylic acids is 4. The number of carbonyl (C=O) groups is 4. The Bertz CT molecular complexity index is 1930. The van der Waals surface area contributed by atoms with Gasteiger partial charge in [0.15, 0.2) is 14.1 Å². The number of anilines is 1. The molecule has 2 fully saturated rings. The van der Waals surface area contributed by atoms with Gasteiger partial charge >= 0.3 is 12.1 Å². The van der Waals surface area contributed by atoms with Crippen molar-refractivity contribution in [2.45, 2.75) is 45.1 Å². The first-order valence-corrected chi connectivity index (χ1v) is 23.0. The van der Waals surface area contributed by atoms with Crippen LogP contribution < -0.4 is 20.8 Å². The van der Waals surface area contributed by atoms with E-state index in [4.69, 9.17) is 13.9 Å². The Morgan fingerprint density at radius 1 is 0.868 bits per heavy atom. The van der Waals surface area contributed by atoms with E-state index in [-0.39, 0.29) is 30.1 Å². The predicted molar refractivity (Wildman–Crippen MR) is 213 cm³/mol.